The van der Waals surface area contributed by atoms with Gasteiger partial charge >= 0.3 is 0 Å². The molecule has 0 amide bonds. The highest BCUT2D eigenvalue weighted by Gasteiger charge is 1.98. The van der Waals surface area contributed by atoms with Gasteiger partial charge in [-0.25, -0.2) is 0 Å². The number of hydrogen-bond donors (Lipinski definition) is 1. The van der Waals surface area contributed by atoms with Crippen molar-refractivity contribution in [3.05, 3.63) is 0 Å². The van der Waals surface area contributed by atoms with E-state index < -0.39 is 0 Å². The molecule has 252 valence electrons. The van der Waals surface area contributed by atoms with Crippen molar-refractivity contribution in [1.29, 1.82) is 0 Å². The molecule has 0 bridgehead atoms. The molecule has 6 heterocycles. The number of ether oxygens (including phenoxy) is 6. The molecule has 0 atom stereocenters. The smallest absolute Gasteiger partial charge is 0.0701 e. The van der Waals surface area contributed by atoms with Gasteiger partial charge in [-0.15, -0.1) is 0 Å². The van der Waals surface area contributed by atoms with Crippen molar-refractivity contribution in [2.45, 2.75) is 135 Å². The molecule has 8 aliphatic rings. The van der Waals surface area contributed by atoms with Crippen LogP contribution in [-0.2, 0) is 28.4 Å². The maximum absolute atomic E-state index is 5.07. The van der Waals surface area contributed by atoms with Gasteiger partial charge < -0.3 is 33.7 Å². The predicted octanol–water partition coefficient (Wildman–Crippen LogP) is 7.88. The zero-order valence-electron chi connectivity index (χ0n) is 27.7. The van der Waals surface area contributed by atoms with Crippen LogP contribution in [0, 0.1) is 0 Å². The van der Waals surface area contributed by atoms with Gasteiger partial charge in [-0.05, 0) is 77.3 Å². The molecule has 7 nitrogen and oxygen atoms in total. The van der Waals surface area contributed by atoms with Gasteiger partial charge in [0.2, 0.25) is 0 Å². The first-order chi connectivity index (χ1) is 21.0. The Morgan fingerprint density at radius 2 is 0.357 bits per heavy atom. The average Bonchev–Trinajstić information content (AvgIpc) is 3.81. The van der Waals surface area contributed by atoms with Crippen LogP contribution in [0.25, 0.3) is 0 Å². The number of hydrogen-bond acceptors (Lipinski definition) is 7. The largest absolute Gasteiger partial charge is 0.381 e. The second-order valence-electron chi connectivity index (χ2n) is 11.8. The van der Waals surface area contributed by atoms with Crippen molar-refractivity contribution in [2.24, 2.45) is 0 Å². The predicted molar refractivity (Wildman–Crippen MR) is 175 cm³/mol. The van der Waals surface area contributed by atoms with Gasteiger partial charge in [0.1, 0.15) is 0 Å². The van der Waals surface area contributed by atoms with Gasteiger partial charge in [-0.2, -0.15) is 0 Å². The van der Waals surface area contributed by atoms with E-state index in [0.717, 1.165) is 79.3 Å². The van der Waals surface area contributed by atoms with Crippen molar-refractivity contribution < 1.29 is 28.4 Å². The van der Waals surface area contributed by atoms with Crippen molar-refractivity contribution >= 4 is 0 Å². The Morgan fingerprint density at radius 3 is 0.452 bits per heavy atom. The van der Waals surface area contributed by atoms with E-state index in [-0.39, 0.29) is 0 Å². The molecule has 8 rings (SSSR count). The first-order valence-electron chi connectivity index (χ1n) is 18.2. The Labute approximate surface area is 260 Å². The highest BCUT2D eigenvalue weighted by atomic mass is 16.6. The molecule has 0 radical (unpaired) electrons. The lowest BCUT2D eigenvalue weighted by molar-refractivity contribution is -0.0334. The summed E-state index contributed by atoms with van der Waals surface area (Å²) in [6, 6.07) is 0. The fourth-order valence-electron chi connectivity index (χ4n) is 4.59. The summed E-state index contributed by atoms with van der Waals surface area (Å²) in [5, 5.41) is 3.11. The maximum atomic E-state index is 5.07. The standard InChI is InChI=1S/C6H12.2C5H10O.C5H10.C4H8O2.C4H8O.C3H7N.C3H6O/c3*1-2-4-6-5-3-1;1-2-4-5-3-1;1-2-6-4-3-5-1;1-2-4-5-3-1;2*1-2-4-3-1/h1-6H2;2*1-5H2;1-5H2;1-4H2;1-4H2;4H,1-3H2;1-3H2. The van der Waals surface area contributed by atoms with E-state index in [1.165, 1.54) is 148 Å². The molecule has 8 fully saturated rings. The SMILES string of the molecule is C1CCCC1.C1CCCCC1.C1CCOC1.C1CCOCC1.C1CCOCC1.C1CNC1.C1COC1.C1COCCO1. The summed E-state index contributed by atoms with van der Waals surface area (Å²) in [6.45, 7) is 13.6. The van der Waals surface area contributed by atoms with Gasteiger partial charge in [0.15, 0.2) is 0 Å². The minimum absolute atomic E-state index is 0.778. The van der Waals surface area contributed by atoms with Gasteiger partial charge in [0.25, 0.3) is 0 Å². The molecule has 2 saturated carbocycles. The summed E-state index contributed by atoms with van der Waals surface area (Å²) < 4.78 is 29.7. The molecule has 0 aromatic carbocycles. The molecule has 1 N–H and O–H groups in total. The third kappa shape index (κ3) is 34.2. The van der Waals surface area contributed by atoms with E-state index in [4.69, 9.17) is 28.4 Å². The highest BCUT2D eigenvalue weighted by Crippen LogP contribution is 2.15. The Kier molecular flexibility index (Phi) is 34.9. The molecular weight excluding hydrogens is 530 g/mol. The van der Waals surface area contributed by atoms with Crippen LogP contribution < -0.4 is 5.32 Å². The molecule has 2 aliphatic carbocycles. The van der Waals surface area contributed by atoms with Crippen LogP contribution in [0.15, 0.2) is 0 Å². The summed E-state index contributed by atoms with van der Waals surface area (Å²) >= 11 is 0. The molecule has 0 unspecified atom stereocenters. The summed E-state index contributed by atoms with van der Waals surface area (Å²) in [5.41, 5.74) is 0. The second kappa shape index (κ2) is 36.9. The van der Waals surface area contributed by atoms with E-state index in [0.29, 0.717) is 0 Å². The summed E-state index contributed by atoms with van der Waals surface area (Å²) in [6.07, 6.45) is 29.6. The minimum Gasteiger partial charge on any atom is -0.381 e. The molecule has 42 heavy (non-hydrogen) atoms. The van der Waals surface area contributed by atoms with E-state index in [1.807, 2.05) is 0 Å². The van der Waals surface area contributed by atoms with Crippen molar-refractivity contribution in [1.82, 2.24) is 5.32 Å². The minimum atomic E-state index is 0.778. The Morgan fingerprint density at radius 1 is 0.190 bits per heavy atom. The summed E-state index contributed by atoms with van der Waals surface area (Å²) in [7, 11) is 0. The Bertz CT molecular complexity index is 317. The molecule has 0 aromatic heterocycles. The quantitative estimate of drug-likeness (QED) is 0.303. The third-order valence-electron chi connectivity index (χ3n) is 7.76. The zero-order valence-corrected chi connectivity index (χ0v) is 27.7. The van der Waals surface area contributed by atoms with E-state index in [1.54, 1.807) is 0 Å². The third-order valence-corrected chi connectivity index (χ3v) is 7.76. The lowest BCUT2D eigenvalue weighted by Crippen LogP contribution is -2.29. The molecule has 0 spiro atoms. The summed E-state index contributed by atoms with van der Waals surface area (Å²) in [5.74, 6) is 0. The first kappa shape index (κ1) is 39.7. The molecule has 0 aromatic rings. The Hall–Kier alpha value is -0.280. The number of rotatable bonds is 0. The number of nitrogens with one attached hydrogen (secondary N) is 1. The van der Waals surface area contributed by atoms with E-state index >= 15 is 0 Å². The van der Waals surface area contributed by atoms with Gasteiger partial charge in [0.05, 0.1) is 26.4 Å². The zero-order chi connectivity index (χ0) is 29.7. The van der Waals surface area contributed by atoms with Crippen LogP contribution in [0.3, 0.4) is 0 Å². The topological polar surface area (TPSA) is 67.4 Å². The highest BCUT2D eigenvalue weighted by molar-refractivity contribution is 4.56. The monoisotopic (exact) mass is 602 g/mol. The average molecular weight is 602 g/mol. The normalized spacial score (nSPS) is 24.0. The fraction of sp³-hybridized carbons (Fsp3) is 1.00. The van der Waals surface area contributed by atoms with Crippen LogP contribution in [0.5, 0.6) is 0 Å². The lowest BCUT2D eigenvalue weighted by atomic mass is 10.0. The maximum Gasteiger partial charge on any atom is 0.0701 e. The fourth-order valence-corrected chi connectivity index (χ4v) is 4.59. The van der Waals surface area contributed by atoms with E-state index in [2.05, 4.69) is 5.32 Å². The van der Waals surface area contributed by atoms with Crippen LogP contribution in [0.1, 0.15) is 135 Å². The van der Waals surface area contributed by atoms with Crippen LogP contribution >= 0.6 is 0 Å². The second-order valence-corrected chi connectivity index (χ2v) is 11.8. The van der Waals surface area contributed by atoms with Crippen LogP contribution in [0.4, 0.5) is 0 Å². The molecule has 6 aliphatic heterocycles. The summed E-state index contributed by atoms with van der Waals surface area (Å²) in [4.78, 5) is 0. The molecule has 7 heteroatoms. The first-order valence-corrected chi connectivity index (χ1v) is 18.2. The van der Waals surface area contributed by atoms with Crippen molar-refractivity contribution in [3.63, 3.8) is 0 Å². The molecular formula is C35H71NO6. The molecule has 6 saturated heterocycles. The van der Waals surface area contributed by atoms with Gasteiger partial charge in [-0.1, -0.05) is 70.6 Å². The van der Waals surface area contributed by atoms with E-state index in [9.17, 15) is 0 Å². The van der Waals surface area contributed by atoms with Gasteiger partial charge in [0, 0.05) is 52.9 Å². The van der Waals surface area contributed by atoms with Crippen molar-refractivity contribution in [3.8, 4) is 0 Å². The Balaban J connectivity index is 0.000000241. The lowest BCUT2D eigenvalue weighted by Gasteiger charge is -2.09. The van der Waals surface area contributed by atoms with Crippen molar-refractivity contribution in [2.75, 3.05) is 92.4 Å². The van der Waals surface area contributed by atoms with Gasteiger partial charge in [-0.3, -0.25) is 0 Å². The van der Waals surface area contributed by atoms with Crippen LogP contribution in [-0.4, -0.2) is 92.4 Å². The van der Waals surface area contributed by atoms with Crippen LogP contribution in [0.2, 0.25) is 0 Å².